The molecule has 0 aliphatic carbocycles. The molecule has 2 aromatic rings. The Morgan fingerprint density at radius 2 is 1.96 bits per heavy atom. The molecular formula is C16H15F3N4O. The number of benzene rings is 1. The topological polar surface area (TPSA) is 58.1 Å². The van der Waals surface area contributed by atoms with Gasteiger partial charge in [-0.15, -0.1) is 0 Å². The number of hydrogen-bond donors (Lipinski definition) is 1. The van der Waals surface area contributed by atoms with Gasteiger partial charge in [-0.25, -0.2) is 9.97 Å². The molecule has 1 aromatic heterocycles. The quantitative estimate of drug-likeness (QED) is 0.936. The number of halogens is 3. The van der Waals surface area contributed by atoms with Crippen molar-refractivity contribution in [1.82, 2.24) is 9.97 Å². The van der Waals surface area contributed by atoms with Crippen molar-refractivity contribution in [2.45, 2.75) is 25.1 Å². The lowest BCUT2D eigenvalue weighted by atomic mass is 10.2. The number of rotatable bonds is 3. The second-order valence-electron chi connectivity index (χ2n) is 5.45. The summed E-state index contributed by atoms with van der Waals surface area (Å²) < 4.78 is 38.4. The maximum absolute atomic E-state index is 12.8. The molecule has 1 N–H and O–H groups in total. The zero-order chi connectivity index (χ0) is 17.2. The Morgan fingerprint density at radius 3 is 2.67 bits per heavy atom. The third kappa shape index (κ3) is 3.47. The number of hydrogen-bond acceptors (Lipinski definition) is 4. The monoisotopic (exact) mass is 336 g/mol. The molecular weight excluding hydrogens is 321 g/mol. The first kappa shape index (κ1) is 16.2. The molecule has 1 aliphatic heterocycles. The summed E-state index contributed by atoms with van der Waals surface area (Å²) in [6.07, 6.45) is -2.25. The number of carbonyl (C=O) groups is 1. The molecule has 2 heterocycles. The standard InChI is InChI=1S/C16H15F3N4O/c17-16(18,19)13-8-9-20-15(22-13)23-10-4-7-12(23)14(24)21-11-5-2-1-3-6-11/h1-3,5-6,8-9,12H,4,7,10H2,(H,21,24). The molecule has 1 saturated heterocycles. The molecule has 1 aromatic carbocycles. The summed E-state index contributed by atoms with van der Waals surface area (Å²) in [4.78, 5) is 21.5. The van der Waals surface area contributed by atoms with Crippen LogP contribution in [-0.4, -0.2) is 28.5 Å². The summed E-state index contributed by atoms with van der Waals surface area (Å²) in [6, 6.07) is 9.13. The predicted octanol–water partition coefficient (Wildman–Crippen LogP) is 3.10. The van der Waals surface area contributed by atoms with E-state index in [-0.39, 0.29) is 11.9 Å². The van der Waals surface area contributed by atoms with Gasteiger partial charge in [-0.05, 0) is 31.0 Å². The van der Waals surface area contributed by atoms with Crippen molar-refractivity contribution in [2.75, 3.05) is 16.8 Å². The smallest absolute Gasteiger partial charge is 0.329 e. The Hall–Kier alpha value is -2.64. The third-order valence-corrected chi connectivity index (χ3v) is 3.79. The van der Waals surface area contributed by atoms with Gasteiger partial charge >= 0.3 is 6.18 Å². The van der Waals surface area contributed by atoms with Crippen LogP contribution in [-0.2, 0) is 11.0 Å². The largest absolute Gasteiger partial charge is 0.433 e. The molecule has 8 heteroatoms. The Kier molecular flexibility index (Phi) is 4.37. The fraction of sp³-hybridized carbons (Fsp3) is 0.312. The SMILES string of the molecule is O=C(Nc1ccccc1)C1CCCN1c1nccc(C(F)(F)F)n1. The summed E-state index contributed by atoms with van der Waals surface area (Å²) in [6.45, 7) is 0.439. The number of nitrogens with one attached hydrogen (secondary N) is 1. The minimum atomic E-state index is -4.54. The molecule has 3 rings (SSSR count). The van der Waals surface area contributed by atoms with E-state index in [4.69, 9.17) is 0 Å². The second-order valence-corrected chi connectivity index (χ2v) is 5.45. The average Bonchev–Trinajstić information content (AvgIpc) is 3.05. The summed E-state index contributed by atoms with van der Waals surface area (Å²) in [7, 11) is 0. The molecule has 126 valence electrons. The van der Waals surface area contributed by atoms with Crippen LogP contribution in [0.5, 0.6) is 0 Å². The van der Waals surface area contributed by atoms with Gasteiger partial charge in [-0.3, -0.25) is 4.79 Å². The van der Waals surface area contributed by atoms with Gasteiger partial charge in [0.15, 0.2) is 0 Å². The lowest BCUT2D eigenvalue weighted by molar-refractivity contribution is -0.141. The molecule has 0 spiro atoms. The highest BCUT2D eigenvalue weighted by atomic mass is 19.4. The normalized spacial score (nSPS) is 17.8. The van der Waals surface area contributed by atoms with E-state index >= 15 is 0 Å². The third-order valence-electron chi connectivity index (χ3n) is 3.79. The molecule has 0 saturated carbocycles. The van der Waals surface area contributed by atoms with E-state index in [2.05, 4.69) is 15.3 Å². The Balaban J connectivity index is 1.79. The number of anilines is 2. The first-order chi connectivity index (χ1) is 11.4. The van der Waals surface area contributed by atoms with Crippen molar-refractivity contribution in [3.8, 4) is 0 Å². The number of carbonyl (C=O) groups excluding carboxylic acids is 1. The van der Waals surface area contributed by atoms with Crippen LogP contribution in [0.4, 0.5) is 24.8 Å². The molecule has 1 atom stereocenters. The van der Waals surface area contributed by atoms with E-state index in [9.17, 15) is 18.0 Å². The molecule has 5 nitrogen and oxygen atoms in total. The van der Waals surface area contributed by atoms with Gasteiger partial charge in [0.05, 0.1) is 0 Å². The van der Waals surface area contributed by atoms with Crippen LogP contribution in [0.25, 0.3) is 0 Å². The van der Waals surface area contributed by atoms with Crippen molar-refractivity contribution in [3.05, 3.63) is 48.3 Å². The minimum absolute atomic E-state index is 0.0736. The maximum atomic E-state index is 12.8. The van der Waals surface area contributed by atoms with Crippen LogP contribution in [0.15, 0.2) is 42.6 Å². The van der Waals surface area contributed by atoms with Crippen molar-refractivity contribution in [3.63, 3.8) is 0 Å². The maximum Gasteiger partial charge on any atom is 0.433 e. The van der Waals surface area contributed by atoms with Crippen molar-refractivity contribution >= 4 is 17.5 Å². The van der Waals surface area contributed by atoms with Crippen LogP contribution in [0, 0.1) is 0 Å². The zero-order valence-electron chi connectivity index (χ0n) is 12.6. The lowest BCUT2D eigenvalue weighted by Crippen LogP contribution is -2.40. The van der Waals surface area contributed by atoms with Crippen molar-refractivity contribution in [1.29, 1.82) is 0 Å². The molecule has 0 radical (unpaired) electrons. The number of para-hydroxylation sites is 1. The van der Waals surface area contributed by atoms with Gasteiger partial charge in [-0.2, -0.15) is 13.2 Å². The molecule has 1 fully saturated rings. The fourth-order valence-electron chi connectivity index (χ4n) is 2.67. The van der Waals surface area contributed by atoms with Crippen molar-refractivity contribution < 1.29 is 18.0 Å². The van der Waals surface area contributed by atoms with Crippen LogP contribution in [0.1, 0.15) is 18.5 Å². The summed E-state index contributed by atoms with van der Waals surface area (Å²) in [5.41, 5.74) is -0.374. The van der Waals surface area contributed by atoms with E-state index in [0.29, 0.717) is 25.1 Å². The van der Waals surface area contributed by atoms with E-state index in [1.165, 1.54) is 4.90 Å². The van der Waals surface area contributed by atoms with Crippen molar-refractivity contribution in [2.24, 2.45) is 0 Å². The molecule has 0 bridgehead atoms. The summed E-state index contributed by atoms with van der Waals surface area (Å²) in [5, 5.41) is 2.77. The first-order valence-electron chi connectivity index (χ1n) is 7.48. The first-order valence-corrected chi connectivity index (χ1v) is 7.48. The van der Waals surface area contributed by atoms with Gasteiger partial charge in [0, 0.05) is 18.4 Å². The van der Waals surface area contributed by atoms with Gasteiger partial charge in [0.25, 0.3) is 0 Å². The number of aromatic nitrogens is 2. The zero-order valence-corrected chi connectivity index (χ0v) is 12.6. The average molecular weight is 336 g/mol. The Bertz CT molecular complexity index is 721. The van der Waals surface area contributed by atoms with E-state index in [1.54, 1.807) is 24.3 Å². The Morgan fingerprint density at radius 1 is 1.21 bits per heavy atom. The number of nitrogens with zero attached hydrogens (tertiary/aromatic N) is 3. The Labute approximate surface area is 136 Å². The van der Waals surface area contributed by atoms with E-state index in [0.717, 1.165) is 12.3 Å². The molecule has 1 unspecified atom stereocenters. The lowest BCUT2D eigenvalue weighted by Gasteiger charge is -2.24. The van der Waals surface area contributed by atoms with Crippen LogP contribution in [0.2, 0.25) is 0 Å². The summed E-state index contributed by atoms with van der Waals surface area (Å²) >= 11 is 0. The van der Waals surface area contributed by atoms with E-state index < -0.39 is 17.9 Å². The van der Waals surface area contributed by atoms with E-state index in [1.807, 2.05) is 6.07 Å². The second kappa shape index (κ2) is 6.46. The molecule has 24 heavy (non-hydrogen) atoms. The van der Waals surface area contributed by atoms with Gasteiger partial charge < -0.3 is 10.2 Å². The highest BCUT2D eigenvalue weighted by Crippen LogP contribution is 2.30. The number of alkyl halides is 3. The highest BCUT2D eigenvalue weighted by molar-refractivity contribution is 5.97. The van der Waals surface area contributed by atoms with Crippen LogP contribution in [0.3, 0.4) is 0 Å². The van der Waals surface area contributed by atoms with Gasteiger partial charge in [-0.1, -0.05) is 18.2 Å². The summed E-state index contributed by atoms with van der Waals surface area (Å²) in [5.74, 6) is -0.352. The predicted molar refractivity (Wildman–Crippen MR) is 82.5 cm³/mol. The van der Waals surface area contributed by atoms with Crippen LogP contribution < -0.4 is 10.2 Å². The molecule has 1 aliphatic rings. The minimum Gasteiger partial charge on any atom is -0.329 e. The highest BCUT2D eigenvalue weighted by Gasteiger charge is 2.36. The van der Waals surface area contributed by atoms with Gasteiger partial charge in [0.1, 0.15) is 11.7 Å². The van der Waals surface area contributed by atoms with Gasteiger partial charge in [0.2, 0.25) is 11.9 Å². The fourth-order valence-corrected chi connectivity index (χ4v) is 2.67. The molecule has 1 amide bonds. The van der Waals surface area contributed by atoms with Crippen LogP contribution >= 0.6 is 0 Å². The number of amides is 1.